The smallest absolute Gasteiger partial charge is 0.322 e. The van der Waals surface area contributed by atoms with Crippen molar-refractivity contribution in [3.63, 3.8) is 0 Å². The van der Waals surface area contributed by atoms with E-state index in [0.29, 0.717) is 47.0 Å². The SMILES string of the molecule is COCCN(CC(=O)N1CCCCC1c1nc(-c2ccc(Cl)cc2)no1)C(=O)Nc1ccc(Cl)cc1. The van der Waals surface area contributed by atoms with Crippen molar-refractivity contribution in [2.75, 3.05) is 38.7 Å². The molecule has 1 aliphatic heterocycles. The molecule has 1 N–H and O–H groups in total. The number of carbonyl (C=O) groups is 2. The summed E-state index contributed by atoms with van der Waals surface area (Å²) in [4.78, 5) is 34.1. The second-order valence-corrected chi connectivity index (χ2v) is 9.29. The van der Waals surface area contributed by atoms with Crippen LogP contribution in [0.1, 0.15) is 31.2 Å². The van der Waals surface area contributed by atoms with E-state index < -0.39 is 6.03 Å². The number of benzene rings is 2. The Labute approximate surface area is 219 Å². The maximum Gasteiger partial charge on any atom is 0.322 e. The van der Waals surface area contributed by atoms with E-state index >= 15 is 0 Å². The van der Waals surface area contributed by atoms with E-state index in [0.717, 1.165) is 18.4 Å². The summed E-state index contributed by atoms with van der Waals surface area (Å²) in [5, 5.41) is 8.09. The van der Waals surface area contributed by atoms with Gasteiger partial charge in [-0.3, -0.25) is 4.79 Å². The van der Waals surface area contributed by atoms with Crippen molar-refractivity contribution in [2.24, 2.45) is 0 Å². The van der Waals surface area contributed by atoms with E-state index in [9.17, 15) is 9.59 Å². The molecule has 1 atom stereocenters. The highest BCUT2D eigenvalue weighted by atomic mass is 35.5. The van der Waals surface area contributed by atoms with Crippen molar-refractivity contribution in [3.05, 3.63) is 64.5 Å². The Kier molecular flexibility index (Phi) is 8.79. The van der Waals surface area contributed by atoms with Gasteiger partial charge in [0.05, 0.1) is 6.61 Å². The highest BCUT2D eigenvalue weighted by molar-refractivity contribution is 6.30. The van der Waals surface area contributed by atoms with Gasteiger partial charge in [-0.1, -0.05) is 28.4 Å². The molecule has 3 aromatic rings. The van der Waals surface area contributed by atoms with Crippen molar-refractivity contribution in [2.45, 2.75) is 25.3 Å². The van der Waals surface area contributed by atoms with E-state index in [1.54, 1.807) is 48.4 Å². The lowest BCUT2D eigenvalue weighted by atomic mass is 10.0. The number of rotatable bonds is 8. The number of nitrogens with zero attached hydrogens (tertiary/aromatic N) is 4. The molecular weight excluding hydrogens is 505 g/mol. The number of amides is 3. The second kappa shape index (κ2) is 12.2. The fraction of sp³-hybridized carbons (Fsp3) is 0.360. The minimum Gasteiger partial charge on any atom is -0.383 e. The predicted octanol–water partition coefficient (Wildman–Crippen LogP) is 5.28. The molecule has 4 rings (SSSR count). The minimum absolute atomic E-state index is 0.114. The molecule has 9 nitrogen and oxygen atoms in total. The molecule has 0 spiro atoms. The highest BCUT2D eigenvalue weighted by Gasteiger charge is 2.33. The van der Waals surface area contributed by atoms with E-state index in [2.05, 4.69) is 15.5 Å². The summed E-state index contributed by atoms with van der Waals surface area (Å²) in [6.07, 6.45) is 2.48. The van der Waals surface area contributed by atoms with Crippen LogP contribution in [0.25, 0.3) is 11.4 Å². The molecule has 36 heavy (non-hydrogen) atoms. The summed E-state index contributed by atoms with van der Waals surface area (Å²) in [7, 11) is 1.55. The van der Waals surface area contributed by atoms with E-state index in [4.69, 9.17) is 32.5 Å². The predicted molar refractivity (Wildman–Crippen MR) is 137 cm³/mol. The maximum atomic E-state index is 13.4. The number of methoxy groups -OCH3 is 1. The molecule has 0 bridgehead atoms. The number of ether oxygens (including phenoxy) is 1. The topological polar surface area (TPSA) is 101 Å². The van der Waals surface area contributed by atoms with Crippen LogP contribution in [0.2, 0.25) is 10.0 Å². The Balaban J connectivity index is 1.47. The Morgan fingerprint density at radius 3 is 2.50 bits per heavy atom. The molecule has 2 aromatic carbocycles. The number of halogens is 2. The number of anilines is 1. The minimum atomic E-state index is -0.404. The van der Waals surface area contributed by atoms with Crippen LogP contribution in [0.3, 0.4) is 0 Å². The first-order chi connectivity index (χ1) is 17.4. The molecule has 1 fully saturated rings. The molecule has 1 aliphatic rings. The molecular formula is C25H27Cl2N5O4. The van der Waals surface area contributed by atoms with Crippen LogP contribution in [0.5, 0.6) is 0 Å². The van der Waals surface area contributed by atoms with Crippen molar-refractivity contribution in [1.82, 2.24) is 19.9 Å². The Morgan fingerprint density at radius 2 is 1.81 bits per heavy atom. The summed E-state index contributed by atoms with van der Waals surface area (Å²) in [5.41, 5.74) is 1.35. The average Bonchev–Trinajstić information content (AvgIpc) is 3.38. The summed E-state index contributed by atoms with van der Waals surface area (Å²) in [5.74, 6) is 0.610. The zero-order valence-electron chi connectivity index (χ0n) is 19.8. The molecule has 2 heterocycles. The third-order valence-corrected chi connectivity index (χ3v) is 6.43. The summed E-state index contributed by atoms with van der Waals surface area (Å²) in [6, 6.07) is 13.1. The highest BCUT2D eigenvalue weighted by Crippen LogP contribution is 2.31. The van der Waals surface area contributed by atoms with Crippen LogP contribution in [0, 0.1) is 0 Å². The first kappa shape index (κ1) is 25.9. The zero-order valence-corrected chi connectivity index (χ0v) is 21.3. The normalized spacial score (nSPS) is 15.5. The van der Waals surface area contributed by atoms with Gasteiger partial charge in [0.25, 0.3) is 0 Å². The molecule has 3 amide bonds. The van der Waals surface area contributed by atoms with Crippen molar-refractivity contribution in [3.8, 4) is 11.4 Å². The van der Waals surface area contributed by atoms with Crippen LogP contribution < -0.4 is 5.32 Å². The van der Waals surface area contributed by atoms with Gasteiger partial charge in [-0.05, 0) is 67.8 Å². The molecule has 0 radical (unpaired) electrons. The van der Waals surface area contributed by atoms with Gasteiger partial charge in [-0.25, -0.2) is 4.79 Å². The Morgan fingerprint density at radius 1 is 1.11 bits per heavy atom. The van der Waals surface area contributed by atoms with Gasteiger partial charge in [-0.2, -0.15) is 4.98 Å². The maximum absolute atomic E-state index is 13.4. The summed E-state index contributed by atoms with van der Waals surface area (Å²) in [6.45, 7) is 0.969. The fourth-order valence-electron chi connectivity index (χ4n) is 4.02. The molecule has 1 unspecified atom stereocenters. The zero-order chi connectivity index (χ0) is 25.5. The van der Waals surface area contributed by atoms with Crippen LogP contribution in [0.4, 0.5) is 10.5 Å². The van der Waals surface area contributed by atoms with Crippen LogP contribution in [0.15, 0.2) is 53.1 Å². The number of likely N-dealkylation sites (tertiary alicyclic amines) is 1. The average molecular weight is 532 g/mol. The van der Waals surface area contributed by atoms with Crippen molar-refractivity contribution < 1.29 is 18.8 Å². The standard InChI is InChI=1S/C25H27Cl2N5O4/c1-35-15-14-31(25(34)28-20-11-9-19(27)10-12-20)16-22(33)32-13-3-2-4-21(32)24-29-23(30-36-24)17-5-7-18(26)8-6-17/h5-12,21H,2-4,13-16H2,1H3,(H,28,34). The molecule has 1 aromatic heterocycles. The van der Waals surface area contributed by atoms with E-state index in [1.165, 1.54) is 4.90 Å². The monoisotopic (exact) mass is 531 g/mol. The molecule has 0 aliphatic carbocycles. The Hall–Kier alpha value is -3.14. The van der Waals surface area contributed by atoms with E-state index in [-0.39, 0.29) is 25.0 Å². The van der Waals surface area contributed by atoms with Crippen molar-refractivity contribution >= 4 is 40.8 Å². The van der Waals surface area contributed by atoms with Gasteiger partial charge in [0.2, 0.25) is 17.6 Å². The summed E-state index contributed by atoms with van der Waals surface area (Å²) >= 11 is 11.9. The second-order valence-electron chi connectivity index (χ2n) is 8.41. The van der Waals surface area contributed by atoms with Crippen LogP contribution in [-0.4, -0.2) is 65.2 Å². The van der Waals surface area contributed by atoms with E-state index in [1.807, 2.05) is 12.1 Å². The fourth-order valence-corrected chi connectivity index (χ4v) is 4.27. The molecule has 1 saturated heterocycles. The van der Waals surface area contributed by atoms with Gasteiger partial charge in [0.15, 0.2) is 0 Å². The van der Waals surface area contributed by atoms with Gasteiger partial charge >= 0.3 is 6.03 Å². The van der Waals surface area contributed by atoms with Gasteiger partial charge < -0.3 is 24.4 Å². The third-order valence-electron chi connectivity index (χ3n) is 5.93. The molecule has 0 saturated carbocycles. The number of hydrogen-bond donors (Lipinski definition) is 1. The third kappa shape index (κ3) is 6.54. The number of hydrogen-bond acceptors (Lipinski definition) is 6. The number of piperidine rings is 1. The number of carbonyl (C=O) groups excluding carboxylic acids is 2. The van der Waals surface area contributed by atoms with Crippen molar-refractivity contribution in [1.29, 1.82) is 0 Å². The van der Waals surface area contributed by atoms with Gasteiger partial charge in [0, 0.05) is 41.5 Å². The molecule has 11 heteroatoms. The van der Waals surface area contributed by atoms with Gasteiger partial charge in [0.1, 0.15) is 12.6 Å². The lowest BCUT2D eigenvalue weighted by Gasteiger charge is -2.35. The quantitative estimate of drug-likeness (QED) is 0.424. The molecule has 190 valence electrons. The van der Waals surface area contributed by atoms with Gasteiger partial charge in [-0.15, -0.1) is 0 Å². The first-order valence-corrected chi connectivity index (χ1v) is 12.4. The number of aromatic nitrogens is 2. The lowest BCUT2D eigenvalue weighted by molar-refractivity contribution is -0.136. The van der Waals surface area contributed by atoms with Crippen LogP contribution in [-0.2, 0) is 9.53 Å². The first-order valence-electron chi connectivity index (χ1n) is 11.6. The largest absolute Gasteiger partial charge is 0.383 e. The number of nitrogens with one attached hydrogen (secondary N) is 1. The van der Waals surface area contributed by atoms with Crippen LogP contribution >= 0.6 is 23.2 Å². The summed E-state index contributed by atoms with van der Waals surface area (Å²) < 4.78 is 10.7. The number of urea groups is 1. The lowest BCUT2D eigenvalue weighted by Crippen LogP contribution is -2.48. The Bertz CT molecular complexity index is 1170.